The van der Waals surface area contributed by atoms with Crippen molar-refractivity contribution >= 4 is 39.9 Å². The molecular weight excluding hydrogens is 817 g/mol. The first-order valence-corrected chi connectivity index (χ1v) is 22.6. The number of benzene rings is 3. The quantitative estimate of drug-likeness (QED) is 0.0738. The highest BCUT2D eigenvalue weighted by molar-refractivity contribution is 6.07. The maximum absolute atomic E-state index is 14.2. The molecular formula is C48H62N8O8. The second-order valence-corrected chi connectivity index (χ2v) is 17.9. The lowest BCUT2D eigenvalue weighted by Crippen LogP contribution is -2.56. The standard InChI is InChI=1S/C48H62N8O8/c1-9-25(3)40(53-47(59)62-7)45(57)55-22-28(23-61-6)17-38(55)44-50-35-15-13-29-19-34-32-14-12-30(18-31(32)24-64-39(34)20-33(29)42(35)52-44)36-21-49-43(51-36)37-16-11-27(5)56(37)46(58)41(26(4)10-2)54-48(60)63-8/h12-15,18-21,25-28,37-38,40-41,46,58H,9-11,16-17,22-24H2,1-8H3,(H,49,51)(H,50,52)(H,53,59)(H,54,60)/t25-,26-,27-,28-,37-,38-,40-,41-,46?/m0/s1. The molecule has 2 fully saturated rings. The van der Waals surface area contributed by atoms with Crippen molar-refractivity contribution in [3.05, 3.63) is 65.9 Å². The van der Waals surface area contributed by atoms with Gasteiger partial charge in [-0.2, -0.15) is 0 Å². The molecule has 9 atom stereocenters. The van der Waals surface area contributed by atoms with Crippen LogP contribution in [0.3, 0.4) is 0 Å². The molecule has 0 saturated carbocycles. The molecule has 2 aromatic heterocycles. The summed E-state index contributed by atoms with van der Waals surface area (Å²) < 4.78 is 21.8. The first kappa shape index (κ1) is 44.9. The summed E-state index contributed by atoms with van der Waals surface area (Å²) in [7, 11) is 4.30. The molecule has 16 heteroatoms. The number of imidazole rings is 2. The summed E-state index contributed by atoms with van der Waals surface area (Å²) in [5.41, 5.74) is 6.62. The highest BCUT2D eigenvalue weighted by Crippen LogP contribution is 2.44. The predicted octanol–water partition coefficient (Wildman–Crippen LogP) is 7.59. The molecule has 1 unspecified atom stereocenters. The van der Waals surface area contributed by atoms with E-state index in [0.29, 0.717) is 38.4 Å². The number of hydrogen-bond donors (Lipinski definition) is 5. The predicted molar refractivity (Wildman–Crippen MR) is 242 cm³/mol. The number of nitrogens with zero attached hydrogens (tertiary/aromatic N) is 4. The first-order chi connectivity index (χ1) is 30.9. The molecule has 8 rings (SSSR count). The molecule has 0 spiro atoms. The van der Waals surface area contributed by atoms with Gasteiger partial charge in [-0.1, -0.05) is 58.7 Å². The molecule has 5 heterocycles. The van der Waals surface area contributed by atoms with Crippen molar-refractivity contribution in [1.82, 2.24) is 40.4 Å². The number of aliphatic hydroxyl groups excluding tert-OH is 1. The van der Waals surface area contributed by atoms with Crippen LogP contribution in [0, 0.1) is 17.8 Å². The van der Waals surface area contributed by atoms with E-state index in [2.05, 4.69) is 68.8 Å². The Labute approximate surface area is 373 Å². The Morgan fingerprint density at radius 1 is 0.922 bits per heavy atom. The maximum Gasteiger partial charge on any atom is 0.407 e. The first-order valence-electron chi connectivity index (χ1n) is 22.6. The largest absolute Gasteiger partial charge is 0.488 e. The van der Waals surface area contributed by atoms with E-state index in [1.165, 1.54) is 14.2 Å². The van der Waals surface area contributed by atoms with E-state index in [1.807, 2.05) is 44.9 Å². The van der Waals surface area contributed by atoms with Gasteiger partial charge >= 0.3 is 12.2 Å². The Balaban J connectivity index is 1.05. The van der Waals surface area contributed by atoms with Gasteiger partial charge in [0.2, 0.25) is 5.91 Å². The second kappa shape index (κ2) is 18.8. The maximum atomic E-state index is 14.2. The Bertz CT molecular complexity index is 2500. The molecule has 2 saturated heterocycles. The topological polar surface area (TPSA) is 196 Å². The number of amides is 3. The zero-order chi connectivity index (χ0) is 45.4. The normalized spacial score (nSPS) is 22.0. The van der Waals surface area contributed by atoms with Crippen LogP contribution in [0.4, 0.5) is 9.59 Å². The third kappa shape index (κ3) is 8.50. The minimum Gasteiger partial charge on any atom is -0.488 e. The van der Waals surface area contributed by atoms with Gasteiger partial charge in [0.25, 0.3) is 0 Å². The Morgan fingerprint density at radius 2 is 1.69 bits per heavy atom. The van der Waals surface area contributed by atoms with Gasteiger partial charge in [0, 0.05) is 36.6 Å². The van der Waals surface area contributed by atoms with E-state index in [1.54, 1.807) is 7.11 Å². The van der Waals surface area contributed by atoms with Gasteiger partial charge < -0.3 is 49.6 Å². The number of fused-ring (bicyclic) bond motifs is 6. The average Bonchev–Trinajstić information content (AvgIpc) is 4.14. The third-order valence-electron chi connectivity index (χ3n) is 14.0. The third-order valence-corrected chi connectivity index (χ3v) is 14.0. The zero-order valence-corrected chi connectivity index (χ0v) is 38.1. The minimum atomic E-state index is -0.930. The summed E-state index contributed by atoms with van der Waals surface area (Å²) in [6.07, 6.45) is 3.55. The van der Waals surface area contributed by atoms with Gasteiger partial charge in [0.1, 0.15) is 36.3 Å². The number of carbonyl (C=O) groups excluding carboxylic acids is 3. The van der Waals surface area contributed by atoms with Gasteiger partial charge in [0.15, 0.2) is 0 Å². The number of hydrogen-bond acceptors (Lipinski definition) is 11. The van der Waals surface area contributed by atoms with Crippen LogP contribution in [-0.4, -0.2) is 112 Å². The number of ether oxygens (including phenoxy) is 4. The number of aliphatic hydroxyl groups is 1. The summed E-state index contributed by atoms with van der Waals surface area (Å²) in [6.45, 7) is 11.5. The number of aromatic amines is 2. The van der Waals surface area contributed by atoms with Crippen LogP contribution in [-0.2, 0) is 25.6 Å². The fourth-order valence-corrected chi connectivity index (χ4v) is 9.99. The fraction of sp³-hybridized carbons (Fsp3) is 0.521. The molecule has 5 aromatic rings. The van der Waals surface area contributed by atoms with Crippen molar-refractivity contribution in [2.45, 2.75) is 110 Å². The number of methoxy groups -OCH3 is 3. The molecule has 16 nitrogen and oxygen atoms in total. The second-order valence-electron chi connectivity index (χ2n) is 17.9. The van der Waals surface area contributed by atoms with Crippen molar-refractivity contribution in [3.63, 3.8) is 0 Å². The smallest absolute Gasteiger partial charge is 0.407 e. The molecule has 3 aliphatic heterocycles. The Morgan fingerprint density at radius 3 is 2.42 bits per heavy atom. The minimum absolute atomic E-state index is 0.0174. The lowest BCUT2D eigenvalue weighted by Gasteiger charge is -2.38. The number of rotatable bonds is 14. The molecule has 0 radical (unpaired) electrons. The van der Waals surface area contributed by atoms with E-state index in [-0.39, 0.29) is 41.8 Å². The summed E-state index contributed by atoms with van der Waals surface area (Å²) in [4.78, 5) is 59.8. The molecule has 5 N–H and O–H groups in total. The van der Waals surface area contributed by atoms with Crippen molar-refractivity contribution in [2.24, 2.45) is 17.8 Å². The number of likely N-dealkylation sites (tertiary alicyclic amines) is 2. The van der Waals surface area contributed by atoms with Crippen LogP contribution in [0.25, 0.3) is 44.2 Å². The van der Waals surface area contributed by atoms with Gasteiger partial charge in [0.05, 0.1) is 61.9 Å². The van der Waals surface area contributed by atoms with Gasteiger partial charge in [-0.25, -0.2) is 19.6 Å². The van der Waals surface area contributed by atoms with Crippen LogP contribution >= 0.6 is 0 Å². The molecule has 0 aliphatic carbocycles. The van der Waals surface area contributed by atoms with Crippen LogP contribution < -0.4 is 15.4 Å². The van der Waals surface area contributed by atoms with Crippen molar-refractivity contribution in [3.8, 4) is 28.1 Å². The summed E-state index contributed by atoms with van der Waals surface area (Å²) in [5, 5.41) is 19.4. The number of alkyl carbamates (subject to hydrolysis) is 2. The lowest BCUT2D eigenvalue weighted by molar-refractivity contribution is -0.135. The average molecular weight is 879 g/mol. The number of aromatic nitrogens is 4. The van der Waals surface area contributed by atoms with Gasteiger partial charge in [-0.3, -0.25) is 9.69 Å². The molecule has 0 bridgehead atoms. The molecule has 3 aliphatic rings. The monoisotopic (exact) mass is 878 g/mol. The fourth-order valence-electron chi connectivity index (χ4n) is 9.99. The molecule has 342 valence electrons. The van der Waals surface area contributed by atoms with Crippen LogP contribution in [0.5, 0.6) is 5.75 Å². The van der Waals surface area contributed by atoms with E-state index in [0.717, 1.165) is 80.6 Å². The Hall–Kier alpha value is -5.71. The van der Waals surface area contributed by atoms with Crippen molar-refractivity contribution < 1.29 is 38.4 Å². The van der Waals surface area contributed by atoms with E-state index >= 15 is 0 Å². The molecule has 3 aromatic carbocycles. The molecule has 64 heavy (non-hydrogen) atoms. The Kier molecular flexibility index (Phi) is 13.2. The lowest BCUT2D eigenvalue weighted by atomic mass is 9.92. The molecule has 3 amide bonds. The van der Waals surface area contributed by atoms with Crippen LogP contribution in [0.2, 0.25) is 0 Å². The van der Waals surface area contributed by atoms with Gasteiger partial charge in [-0.15, -0.1) is 0 Å². The summed E-state index contributed by atoms with van der Waals surface area (Å²) >= 11 is 0. The van der Waals surface area contributed by atoms with Crippen LogP contribution in [0.1, 0.15) is 96.0 Å². The summed E-state index contributed by atoms with van der Waals surface area (Å²) in [5.74, 6) is 2.06. The van der Waals surface area contributed by atoms with E-state index in [4.69, 9.17) is 28.9 Å². The van der Waals surface area contributed by atoms with E-state index in [9.17, 15) is 19.5 Å². The zero-order valence-electron chi connectivity index (χ0n) is 38.1. The van der Waals surface area contributed by atoms with Crippen molar-refractivity contribution in [1.29, 1.82) is 0 Å². The number of carbonyl (C=O) groups is 3. The van der Waals surface area contributed by atoms with Gasteiger partial charge in [-0.05, 0) is 84.4 Å². The van der Waals surface area contributed by atoms with Crippen LogP contribution in [0.15, 0.2) is 48.7 Å². The SMILES string of the molecule is CC[C@H](C)[C@H](NC(=O)OC)C(=O)N1C[C@@H](COC)C[C@H]1c1nc2c(ccc3cc4c(cc32)OCc2cc(-c3cnc([C@@H]5CC[C@H](C)N5C(O)[C@@H](NC(=O)OC)[C@@H](C)CC)[nH]3)ccc2-4)[nH]1. The van der Waals surface area contributed by atoms with E-state index < -0.39 is 30.5 Å². The highest BCUT2D eigenvalue weighted by Gasteiger charge is 2.44. The summed E-state index contributed by atoms with van der Waals surface area (Å²) in [6, 6.07) is 13.0. The highest BCUT2D eigenvalue weighted by atomic mass is 16.5. The number of nitrogens with one attached hydrogen (secondary N) is 4. The number of H-pyrrole nitrogens is 2. The van der Waals surface area contributed by atoms with Crippen molar-refractivity contribution in [2.75, 3.05) is 34.5 Å².